The molecule has 0 bridgehead atoms. The van der Waals surface area contributed by atoms with Gasteiger partial charge < -0.3 is 16.0 Å². The van der Waals surface area contributed by atoms with E-state index in [-0.39, 0.29) is 27.6 Å². The van der Waals surface area contributed by atoms with Crippen LogP contribution < -0.4 is 21.1 Å². The number of rotatable bonds is 9. The minimum Gasteiger partial charge on any atom is -0.350 e. The predicted molar refractivity (Wildman–Crippen MR) is 144 cm³/mol. The molecule has 0 radical (unpaired) electrons. The van der Waals surface area contributed by atoms with Gasteiger partial charge in [-0.15, -0.1) is 0 Å². The van der Waals surface area contributed by atoms with Crippen LogP contribution in [0.3, 0.4) is 0 Å². The van der Waals surface area contributed by atoms with Crippen LogP contribution in [0.5, 0.6) is 0 Å². The van der Waals surface area contributed by atoms with Crippen LogP contribution in [0.1, 0.15) is 64.8 Å². The van der Waals surface area contributed by atoms with Gasteiger partial charge in [-0.1, -0.05) is 12.8 Å². The van der Waals surface area contributed by atoms with E-state index in [1.807, 2.05) is 0 Å². The smallest absolute Gasteiger partial charge is 0.350 e. The summed E-state index contributed by atoms with van der Waals surface area (Å²) in [4.78, 5) is 42.3. The lowest BCUT2D eigenvalue weighted by Gasteiger charge is -2.33. The minimum atomic E-state index is -4.66. The van der Waals surface area contributed by atoms with Crippen LogP contribution in [0.4, 0.5) is 18.9 Å². The van der Waals surface area contributed by atoms with Crippen LogP contribution in [0.25, 0.3) is 0 Å². The molecule has 2 aliphatic carbocycles. The van der Waals surface area contributed by atoms with E-state index in [0.717, 1.165) is 43.9 Å². The van der Waals surface area contributed by atoms with Gasteiger partial charge in [0.05, 0.1) is 28.3 Å². The van der Waals surface area contributed by atoms with Crippen molar-refractivity contribution >= 4 is 39.6 Å². The summed E-state index contributed by atoms with van der Waals surface area (Å²) in [6, 6.07) is 6.93. The zero-order valence-electron chi connectivity index (χ0n) is 21.9. The number of hydrogen-bond acceptors (Lipinski definition) is 6. The Morgan fingerprint density at radius 2 is 1.56 bits per heavy atom. The number of nitrogens with zero attached hydrogens (tertiary/aromatic N) is 1. The highest BCUT2D eigenvalue weighted by molar-refractivity contribution is 7.89. The minimum absolute atomic E-state index is 0.0787. The molecule has 0 aliphatic heterocycles. The second-order valence-electron chi connectivity index (χ2n) is 10.1. The molecule has 14 heteroatoms. The van der Waals surface area contributed by atoms with Gasteiger partial charge in [0.25, 0.3) is 11.8 Å². The van der Waals surface area contributed by atoms with E-state index in [4.69, 9.17) is 5.14 Å². The third-order valence-electron chi connectivity index (χ3n) is 6.90. The number of halogens is 3. The molecule has 2 saturated carbocycles. The molecule has 220 valence electrons. The molecule has 0 heterocycles. The molecule has 2 aromatic carbocycles. The first-order chi connectivity index (χ1) is 19.3. The number of primary sulfonamides is 1. The number of alkyl halides is 3. The number of hydrogen-bond donors (Lipinski definition) is 4. The Hall–Kier alpha value is -3.78. The summed E-state index contributed by atoms with van der Waals surface area (Å²) in [6.45, 7) is -0.493. The van der Waals surface area contributed by atoms with E-state index in [9.17, 15) is 36.0 Å². The second-order valence-corrected chi connectivity index (χ2v) is 11.7. The van der Waals surface area contributed by atoms with Crippen LogP contribution >= 0.6 is 0 Å². The number of aliphatic imine (C=N–C) groups is 1. The van der Waals surface area contributed by atoms with Gasteiger partial charge in [0.1, 0.15) is 0 Å². The zero-order valence-corrected chi connectivity index (χ0v) is 22.7. The van der Waals surface area contributed by atoms with Gasteiger partial charge in [-0.3, -0.25) is 19.4 Å². The average molecular weight is 594 g/mol. The van der Waals surface area contributed by atoms with Crippen LogP contribution in [-0.4, -0.2) is 51.0 Å². The molecular weight excluding hydrogens is 563 g/mol. The normalized spacial score (nSPS) is 19.5. The van der Waals surface area contributed by atoms with Crippen molar-refractivity contribution in [3.8, 4) is 0 Å². The third-order valence-corrected chi connectivity index (χ3v) is 7.83. The third kappa shape index (κ3) is 8.36. The number of sulfonamides is 1. The van der Waals surface area contributed by atoms with Gasteiger partial charge in [0, 0.05) is 23.9 Å². The predicted octanol–water partition coefficient (Wildman–Crippen LogP) is 3.05. The lowest BCUT2D eigenvalue weighted by atomic mass is 9.90. The van der Waals surface area contributed by atoms with Crippen molar-refractivity contribution in [1.82, 2.24) is 16.0 Å². The topological polar surface area (TPSA) is 160 Å². The van der Waals surface area contributed by atoms with Crippen molar-refractivity contribution in [3.63, 3.8) is 0 Å². The summed E-state index contributed by atoms with van der Waals surface area (Å²) in [5.41, 5.74) is -1.00. The molecule has 0 spiro atoms. The molecule has 0 unspecified atom stereocenters. The number of amides is 3. The van der Waals surface area contributed by atoms with Gasteiger partial charge in [0.15, 0.2) is 0 Å². The van der Waals surface area contributed by atoms with Crippen LogP contribution in [0.15, 0.2) is 52.4 Å². The van der Waals surface area contributed by atoms with Gasteiger partial charge >= 0.3 is 6.18 Å². The lowest BCUT2D eigenvalue weighted by Crippen LogP contribution is -2.54. The molecule has 3 amide bonds. The first kappa shape index (κ1) is 30.2. The number of benzene rings is 2. The van der Waals surface area contributed by atoms with Gasteiger partial charge in [0.2, 0.25) is 15.9 Å². The second kappa shape index (κ2) is 12.4. The molecule has 2 atom stereocenters. The molecule has 0 aromatic heterocycles. The molecule has 4 rings (SSSR count). The molecule has 10 nitrogen and oxygen atoms in total. The summed E-state index contributed by atoms with van der Waals surface area (Å²) >= 11 is 0. The Balaban J connectivity index is 1.37. The van der Waals surface area contributed by atoms with Gasteiger partial charge in [-0.25, -0.2) is 13.6 Å². The first-order valence-corrected chi connectivity index (χ1v) is 14.6. The summed E-state index contributed by atoms with van der Waals surface area (Å²) < 4.78 is 62.7. The average Bonchev–Trinajstić information content (AvgIpc) is 3.75. The molecule has 41 heavy (non-hydrogen) atoms. The fraction of sp³-hybridized carbons (Fsp3) is 0.407. The summed E-state index contributed by atoms with van der Waals surface area (Å²) in [5, 5.41) is 13.1. The van der Waals surface area contributed by atoms with Gasteiger partial charge in [-0.2, -0.15) is 13.2 Å². The van der Waals surface area contributed by atoms with Crippen molar-refractivity contribution in [2.75, 3.05) is 6.54 Å². The maximum atomic E-state index is 13.3. The molecular formula is C27H30F3N5O5S. The quantitative estimate of drug-likeness (QED) is 0.329. The summed E-state index contributed by atoms with van der Waals surface area (Å²) in [7, 11) is -3.91. The monoisotopic (exact) mass is 593 g/mol. The zero-order chi connectivity index (χ0) is 29.8. The fourth-order valence-electron chi connectivity index (χ4n) is 4.48. The summed E-state index contributed by atoms with van der Waals surface area (Å²) in [5.74, 6) is -1.67. The molecule has 5 N–H and O–H groups in total. The van der Waals surface area contributed by atoms with Crippen molar-refractivity contribution in [2.45, 2.75) is 61.7 Å². The molecule has 2 aromatic rings. The Labute approximate surface area is 235 Å². The van der Waals surface area contributed by atoms with E-state index < -0.39 is 58.1 Å². The number of nitrogens with one attached hydrogen (secondary N) is 3. The SMILES string of the molecule is NS(=O)(=O)c1ccc(C(=O)N[C@H]2CCCC[C@H]2NC(=O)CNC(=O)c2cc(C(F)(F)F)ccc2N=CC2CC2)cc1. The number of carbonyl (C=O) groups excluding carboxylic acids is 3. The molecule has 0 saturated heterocycles. The van der Waals surface area contributed by atoms with Crippen LogP contribution in [0.2, 0.25) is 0 Å². The largest absolute Gasteiger partial charge is 0.416 e. The van der Waals surface area contributed by atoms with E-state index in [1.165, 1.54) is 24.3 Å². The Morgan fingerprint density at radius 1 is 0.927 bits per heavy atom. The van der Waals surface area contributed by atoms with E-state index in [2.05, 4.69) is 20.9 Å². The Bertz CT molecular complexity index is 1440. The van der Waals surface area contributed by atoms with Gasteiger partial charge in [-0.05, 0) is 74.1 Å². The highest BCUT2D eigenvalue weighted by Gasteiger charge is 2.32. The fourth-order valence-corrected chi connectivity index (χ4v) is 4.99. The standard InChI is InChI=1S/C27H30F3N5O5S/c28-27(29,30)18-9-12-21(32-14-16-5-6-16)20(13-18)26(38)33-15-24(36)34-22-3-1-2-4-23(22)35-25(37)17-7-10-19(11-8-17)41(31,39)40/h7-14,16,22-23H,1-6,15H2,(H,33,38)(H,34,36)(H,35,37)(H2,31,39,40)/t22-,23+/m1/s1. The van der Waals surface area contributed by atoms with Crippen LogP contribution in [-0.2, 0) is 21.0 Å². The van der Waals surface area contributed by atoms with Crippen molar-refractivity contribution < 1.29 is 36.0 Å². The highest BCUT2D eigenvalue weighted by Crippen LogP contribution is 2.33. The highest BCUT2D eigenvalue weighted by atomic mass is 32.2. The van der Waals surface area contributed by atoms with E-state index in [0.29, 0.717) is 12.8 Å². The Morgan fingerprint density at radius 3 is 2.15 bits per heavy atom. The van der Waals surface area contributed by atoms with Crippen molar-refractivity contribution in [2.24, 2.45) is 16.0 Å². The molecule has 2 fully saturated rings. The molecule has 2 aliphatic rings. The maximum Gasteiger partial charge on any atom is 0.416 e. The van der Waals surface area contributed by atoms with Crippen molar-refractivity contribution in [3.05, 3.63) is 59.2 Å². The number of nitrogens with two attached hydrogens (primary N) is 1. The Kier molecular flexibility index (Phi) is 9.12. The van der Waals surface area contributed by atoms with Crippen molar-refractivity contribution in [1.29, 1.82) is 0 Å². The first-order valence-electron chi connectivity index (χ1n) is 13.1. The van der Waals surface area contributed by atoms with E-state index in [1.54, 1.807) is 6.21 Å². The summed E-state index contributed by atoms with van der Waals surface area (Å²) in [6.07, 6.45) is 1.54. The lowest BCUT2D eigenvalue weighted by molar-refractivity contribution is -0.137. The van der Waals surface area contributed by atoms with Crippen LogP contribution in [0, 0.1) is 5.92 Å². The number of carbonyl (C=O) groups is 3. The maximum absolute atomic E-state index is 13.3. The van der Waals surface area contributed by atoms with E-state index >= 15 is 0 Å².